The van der Waals surface area contributed by atoms with Gasteiger partial charge in [-0.2, -0.15) is 0 Å². The molecular formula is C20H23ClN2O3. The Hall–Kier alpha value is -2.53. The predicted molar refractivity (Wildman–Crippen MR) is 103 cm³/mol. The molecule has 6 heteroatoms. The van der Waals surface area contributed by atoms with Crippen LogP contribution in [0.5, 0.6) is 5.75 Å². The summed E-state index contributed by atoms with van der Waals surface area (Å²) in [5.74, 6) is 0.309. The van der Waals surface area contributed by atoms with Crippen LogP contribution in [0.3, 0.4) is 0 Å². The van der Waals surface area contributed by atoms with Crippen molar-refractivity contribution >= 4 is 23.4 Å². The molecule has 0 atom stereocenters. The van der Waals surface area contributed by atoms with Gasteiger partial charge in [-0.05, 0) is 61.2 Å². The lowest BCUT2D eigenvalue weighted by Crippen LogP contribution is -2.25. The minimum atomic E-state index is -0.452. The zero-order valence-electron chi connectivity index (χ0n) is 14.8. The number of carbonyl (C=O) groups is 2. The molecular weight excluding hydrogens is 352 g/mol. The Morgan fingerprint density at radius 3 is 2.73 bits per heavy atom. The fourth-order valence-corrected chi connectivity index (χ4v) is 2.73. The van der Waals surface area contributed by atoms with Gasteiger partial charge in [0, 0.05) is 23.6 Å². The summed E-state index contributed by atoms with van der Waals surface area (Å²) in [5.41, 5.74) is 7.67. The van der Waals surface area contributed by atoms with E-state index in [9.17, 15) is 9.59 Å². The molecule has 0 bridgehead atoms. The summed E-state index contributed by atoms with van der Waals surface area (Å²) < 4.78 is 5.67. The van der Waals surface area contributed by atoms with E-state index in [2.05, 4.69) is 5.32 Å². The molecule has 0 aliphatic carbocycles. The van der Waals surface area contributed by atoms with Crippen molar-refractivity contribution in [2.75, 3.05) is 13.2 Å². The van der Waals surface area contributed by atoms with Crippen LogP contribution in [-0.4, -0.2) is 25.0 Å². The van der Waals surface area contributed by atoms with Crippen molar-refractivity contribution in [1.29, 1.82) is 0 Å². The monoisotopic (exact) mass is 374 g/mol. The standard InChI is InChI=1S/C20H23ClN2O3/c1-14-12-17(21)7-8-18(14)26-11-3-6-19(24)23-10-9-15-4-2-5-16(13-15)20(22)25/h2,4-5,7-8,12-13H,3,6,9-11H2,1H3,(H2,22,25)(H,23,24). The molecule has 5 nitrogen and oxygen atoms in total. The Morgan fingerprint density at radius 1 is 1.19 bits per heavy atom. The summed E-state index contributed by atoms with van der Waals surface area (Å²) >= 11 is 5.91. The number of benzene rings is 2. The third kappa shape index (κ3) is 6.41. The number of aryl methyl sites for hydroxylation is 1. The van der Waals surface area contributed by atoms with Gasteiger partial charge in [-0.25, -0.2) is 0 Å². The summed E-state index contributed by atoms with van der Waals surface area (Å²) in [6.07, 6.45) is 1.67. The first-order valence-electron chi connectivity index (χ1n) is 8.50. The summed E-state index contributed by atoms with van der Waals surface area (Å²) in [5, 5.41) is 3.55. The molecule has 0 aliphatic heterocycles. The number of primary amides is 1. The second-order valence-corrected chi connectivity index (χ2v) is 6.46. The van der Waals surface area contributed by atoms with Gasteiger partial charge < -0.3 is 15.8 Å². The number of amides is 2. The van der Waals surface area contributed by atoms with Crippen LogP contribution in [0, 0.1) is 6.92 Å². The third-order valence-corrected chi connectivity index (χ3v) is 4.13. The average molecular weight is 375 g/mol. The van der Waals surface area contributed by atoms with Crippen LogP contribution in [0.2, 0.25) is 5.02 Å². The van der Waals surface area contributed by atoms with E-state index in [0.717, 1.165) is 16.9 Å². The zero-order chi connectivity index (χ0) is 18.9. The van der Waals surface area contributed by atoms with Crippen molar-refractivity contribution in [3.05, 3.63) is 64.2 Å². The number of ether oxygens (including phenoxy) is 1. The Labute approximate surface area is 158 Å². The van der Waals surface area contributed by atoms with Crippen LogP contribution in [-0.2, 0) is 11.2 Å². The van der Waals surface area contributed by atoms with Gasteiger partial charge in [-0.3, -0.25) is 9.59 Å². The Balaban J connectivity index is 1.64. The molecule has 3 N–H and O–H groups in total. The van der Waals surface area contributed by atoms with E-state index in [1.165, 1.54) is 0 Å². The maximum absolute atomic E-state index is 11.9. The second kappa shape index (κ2) is 9.82. The molecule has 138 valence electrons. The SMILES string of the molecule is Cc1cc(Cl)ccc1OCCCC(=O)NCCc1cccc(C(N)=O)c1. The molecule has 0 aliphatic rings. The van der Waals surface area contributed by atoms with Crippen LogP contribution in [0.25, 0.3) is 0 Å². The molecule has 0 heterocycles. The van der Waals surface area contributed by atoms with Gasteiger partial charge in [0.25, 0.3) is 0 Å². The van der Waals surface area contributed by atoms with Gasteiger partial charge in [0.05, 0.1) is 6.61 Å². The molecule has 2 rings (SSSR count). The summed E-state index contributed by atoms with van der Waals surface area (Å²) in [4.78, 5) is 23.0. The first-order valence-corrected chi connectivity index (χ1v) is 8.88. The fourth-order valence-electron chi connectivity index (χ4n) is 2.50. The molecule has 2 aromatic rings. The molecule has 2 amide bonds. The van der Waals surface area contributed by atoms with Crippen LogP contribution >= 0.6 is 11.6 Å². The van der Waals surface area contributed by atoms with E-state index >= 15 is 0 Å². The largest absolute Gasteiger partial charge is 0.493 e. The average Bonchev–Trinajstić information content (AvgIpc) is 2.60. The van der Waals surface area contributed by atoms with Gasteiger partial charge in [-0.15, -0.1) is 0 Å². The van der Waals surface area contributed by atoms with E-state index in [1.54, 1.807) is 24.3 Å². The highest BCUT2D eigenvalue weighted by Gasteiger charge is 2.05. The van der Waals surface area contributed by atoms with Crippen molar-refractivity contribution in [3.63, 3.8) is 0 Å². The number of hydrogen-bond acceptors (Lipinski definition) is 3. The first-order chi connectivity index (χ1) is 12.5. The Bertz CT molecular complexity index is 777. The normalized spacial score (nSPS) is 10.4. The van der Waals surface area contributed by atoms with E-state index in [1.807, 2.05) is 25.1 Å². The van der Waals surface area contributed by atoms with Crippen molar-refractivity contribution in [2.45, 2.75) is 26.2 Å². The van der Waals surface area contributed by atoms with Gasteiger partial charge >= 0.3 is 0 Å². The minimum Gasteiger partial charge on any atom is -0.493 e. The molecule has 0 saturated heterocycles. The number of carbonyl (C=O) groups excluding carboxylic acids is 2. The van der Waals surface area contributed by atoms with Crippen molar-refractivity contribution in [2.24, 2.45) is 5.73 Å². The van der Waals surface area contributed by atoms with E-state index in [0.29, 0.717) is 43.0 Å². The maximum Gasteiger partial charge on any atom is 0.248 e. The van der Waals surface area contributed by atoms with Crippen molar-refractivity contribution < 1.29 is 14.3 Å². The summed E-state index contributed by atoms with van der Waals surface area (Å²) in [6, 6.07) is 12.6. The molecule has 0 fully saturated rings. The van der Waals surface area contributed by atoms with E-state index < -0.39 is 5.91 Å². The van der Waals surface area contributed by atoms with Gasteiger partial charge in [0.15, 0.2) is 0 Å². The molecule has 2 aromatic carbocycles. The molecule has 0 saturated carbocycles. The number of hydrogen-bond donors (Lipinski definition) is 2. The zero-order valence-corrected chi connectivity index (χ0v) is 15.5. The Morgan fingerprint density at radius 2 is 2.00 bits per heavy atom. The number of nitrogens with one attached hydrogen (secondary N) is 1. The first kappa shape index (κ1) is 19.8. The van der Waals surface area contributed by atoms with Gasteiger partial charge in [0.1, 0.15) is 5.75 Å². The minimum absolute atomic E-state index is 0.0208. The Kier molecular flexibility index (Phi) is 7.48. The third-order valence-electron chi connectivity index (χ3n) is 3.89. The van der Waals surface area contributed by atoms with E-state index in [4.69, 9.17) is 22.1 Å². The van der Waals surface area contributed by atoms with Crippen LogP contribution in [0.1, 0.15) is 34.3 Å². The quantitative estimate of drug-likeness (QED) is 0.661. The topological polar surface area (TPSA) is 81.4 Å². The van der Waals surface area contributed by atoms with Gasteiger partial charge in [0.2, 0.25) is 11.8 Å². The number of halogens is 1. The van der Waals surface area contributed by atoms with E-state index in [-0.39, 0.29) is 5.91 Å². The van der Waals surface area contributed by atoms with Crippen molar-refractivity contribution in [1.82, 2.24) is 5.32 Å². The molecule has 26 heavy (non-hydrogen) atoms. The highest BCUT2D eigenvalue weighted by molar-refractivity contribution is 6.30. The highest BCUT2D eigenvalue weighted by Crippen LogP contribution is 2.21. The predicted octanol–water partition coefficient (Wildman–Crippen LogP) is 3.27. The summed E-state index contributed by atoms with van der Waals surface area (Å²) in [7, 11) is 0. The second-order valence-electron chi connectivity index (χ2n) is 6.03. The molecule has 0 aromatic heterocycles. The highest BCUT2D eigenvalue weighted by atomic mass is 35.5. The van der Waals surface area contributed by atoms with Crippen LogP contribution in [0.15, 0.2) is 42.5 Å². The van der Waals surface area contributed by atoms with Gasteiger partial charge in [-0.1, -0.05) is 23.7 Å². The molecule has 0 radical (unpaired) electrons. The van der Waals surface area contributed by atoms with Crippen LogP contribution < -0.4 is 15.8 Å². The van der Waals surface area contributed by atoms with Crippen molar-refractivity contribution in [3.8, 4) is 5.75 Å². The number of nitrogens with two attached hydrogens (primary N) is 1. The maximum atomic E-state index is 11.9. The van der Waals surface area contributed by atoms with Crippen LogP contribution in [0.4, 0.5) is 0 Å². The lowest BCUT2D eigenvalue weighted by molar-refractivity contribution is -0.121. The lowest BCUT2D eigenvalue weighted by Gasteiger charge is -2.09. The molecule has 0 spiro atoms. The lowest BCUT2D eigenvalue weighted by atomic mass is 10.1. The summed E-state index contributed by atoms with van der Waals surface area (Å²) in [6.45, 7) is 2.91. The smallest absolute Gasteiger partial charge is 0.248 e. The molecule has 0 unspecified atom stereocenters. The fraction of sp³-hybridized carbons (Fsp3) is 0.300. The number of rotatable bonds is 9.